The van der Waals surface area contributed by atoms with Crippen LogP contribution in [0.2, 0.25) is 0 Å². The van der Waals surface area contributed by atoms with Crippen molar-refractivity contribution in [1.29, 1.82) is 0 Å². The lowest BCUT2D eigenvalue weighted by Gasteiger charge is -2.34. The Hall–Kier alpha value is -2.34. The van der Waals surface area contributed by atoms with E-state index in [4.69, 9.17) is 4.42 Å². The number of hydrogen-bond donors (Lipinski definition) is 0. The van der Waals surface area contributed by atoms with Crippen molar-refractivity contribution in [2.75, 3.05) is 45.8 Å². The van der Waals surface area contributed by atoms with E-state index in [1.54, 1.807) is 6.07 Å². The third-order valence-corrected chi connectivity index (χ3v) is 5.11. The number of benzene rings is 1. The zero-order valence-corrected chi connectivity index (χ0v) is 14.3. The minimum atomic E-state index is -0.0679. The van der Waals surface area contributed by atoms with E-state index in [-0.39, 0.29) is 11.8 Å². The van der Waals surface area contributed by atoms with E-state index in [2.05, 4.69) is 4.90 Å². The maximum absolute atomic E-state index is 12.6. The van der Waals surface area contributed by atoms with E-state index < -0.39 is 0 Å². The van der Waals surface area contributed by atoms with Gasteiger partial charge in [0, 0.05) is 44.7 Å². The van der Waals surface area contributed by atoms with E-state index in [0.29, 0.717) is 25.4 Å². The molecule has 25 heavy (non-hydrogen) atoms. The lowest BCUT2D eigenvalue weighted by Crippen LogP contribution is -2.51. The molecule has 2 saturated heterocycles. The highest BCUT2D eigenvalue weighted by molar-refractivity contribution is 5.96. The molecule has 2 aliphatic rings. The van der Waals surface area contributed by atoms with E-state index in [1.807, 2.05) is 34.1 Å². The van der Waals surface area contributed by atoms with Crippen LogP contribution in [-0.2, 0) is 4.79 Å². The van der Waals surface area contributed by atoms with Crippen LogP contribution in [0.3, 0.4) is 0 Å². The van der Waals surface area contributed by atoms with Crippen LogP contribution >= 0.6 is 0 Å². The Balaban J connectivity index is 1.33. The fourth-order valence-electron chi connectivity index (χ4n) is 3.61. The monoisotopic (exact) mass is 341 g/mol. The molecule has 3 heterocycles. The number of para-hydroxylation sites is 1. The molecule has 0 unspecified atom stereocenters. The van der Waals surface area contributed by atoms with Crippen molar-refractivity contribution in [1.82, 2.24) is 14.7 Å². The molecule has 6 heteroatoms. The van der Waals surface area contributed by atoms with Crippen molar-refractivity contribution in [2.24, 2.45) is 0 Å². The van der Waals surface area contributed by atoms with Gasteiger partial charge in [-0.2, -0.15) is 0 Å². The second-order valence-corrected chi connectivity index (χ2v) is 6.80. The summed E-state index contributed by atoms with van der Waals surface area (Å²) >= 11 is 0. The summed E-state index contributed by atoms with van der Waals surface area (Å²) in [6.07, 6.45) is 2.23. The average molecular weight is 341 g/mol. The van der Waals surface area contributed by atoms with Crippen LogP contribution in [0.25, 0.3) is 11.0 Å². The third kappa shape index (κ3) is 3.39. The molecule has 0 radical (unpaired) electrons. The molecular formula is C19H23N3O3. The Labute approximate surface area is 147 Å². The normalized spacial score (nSPS) is 18.9. The Morgan fingerprint density at radius 3 is 2.36 bits per heavy atom. The van der Waals surface area contributed by atoms with Gasteiger partial charge >= 0.3 is 0 Å². The van der Waals surface area contributed by atoms with Crippen LogP contribution in [-0.4, -0.2) is 72.3 Å². The molecule has 2 amide bonds. The number of hydrogen-bond acceptors (Lipinski definition) is 4. The second kappa shape index (κ2) is 6.88. The first-order valence-electron chi connectivity index (χ1n) is 8.99. The average Bonchev–Trinajstić information content (AvgIpc) is 3.31. The van der Waals surface area contributed by atoms with Crippen LogP contribution in [0.1, 0.15) is 23.4 Å². The van der Waals surface area contributed by atoms with Gasteiger partial charge in [-0.15, -0.1) is 0 Å². The van der Waals surface area contributed by atoms with E-state index in [9.17, 15) is 9.59 Å². The molecule has 0 spiro atoms. The largest absolute Gasteiger partial charge is 0.451 e. The Morgan fingerprint density at radius 2 is 1.64 bits per heavy atom. The number of amides is 2. The Morgan fingerprint density at radius 1 is 0.920 bits per heavy atom. The van der Waals surface area contributed by atoms with E-state index in [1.165, 1.54) is 0 Å². The summed E-state index contributed by atoms with van der Waals surface area (Å²) < 4.78 is 5.68. The van der Waals surface area contributed by atoms with Gasteiger partial charge in [0.2, 0.25) is 5.91 Å². The van der Waals surface area contributed by atoms with Crippen molar-refractivity contribution < 1.29 is 14.0 Å². The maximum Gasteiger partial charge on any atom is 0.289 e. The highest BCUT2D eigenvalue weighted by Gasteiger charge is 2.27. The van der Waals surface area contributed by atoms with Gasteiger partial charge in [-0.1, -0.05) is 18.2 Å². The molecule has 132 valence electrons. The van der Waals surface area contributed by atoms with Crippen molar-refractivity contribution in [3.05, 3.63) is 36.1 Å². The number of furan rings is 1. The smallest absolute Gasteiger partial charge is 0.289 e. The molecular weight excluding hydrogens is 318 g/mol. The number of nitrogens with zero attached hydrogens (tertiary/aromatic N) is 3. The van der Waals surface area contributed by atoms with Crippen molar-refractivity contribution >= 4 is 22.8 Å². The minimum absolute atomic E-state index is 0.0679. The van der Waals surface area contributed by atoms with Gasteiger partial charge in [0.1, 0.15) is 5.58 Å². The summed E-state index contributed by atoms with van der Waals surface area (Å²) in [5.74, 6) is 0.541. The molecule has 0 saturated carbocycles. The number of carbonyl (C=O) groups is 2. The number of rotatable bonds is 3. The van der Waals surface area contributed by atoms with Gasteiger partial charge in [-0.3, -0.25) is 14.5 Å². The van der Waals surface area contributed by atoms with Crippen LogP contribution in [0.15, 0.2) is 34.7 Å². The van der Waals surface area contributed by atoms with Crippen molar-refractivity contribution in [2.45, 2.75) is 12.8 Å². The molecule has 0 bridgehead atoms. The van der Waals surface area contributed by atoms with Gasteiger partial charge < -0.3 is 14.2 Å². The quantitative estimate of drug-likeness (QED) is 0.854. The van der Waals surface area contributed by atoms with Gasteiger partial charge in [-0.25, -0.2) is 0 Å². The Kier molecular flexibility index (Phi) is 4.44. The predicted octanol–water partition coefficient (Wildman–Crippen LogP) is 1.81. The molecule has 2 aromatic rings. The first-order chi connectivity index (χ1) is 12.2. The topological polar surface area (TPSA) is 57.0 Å². The standard InChI is InChI=1S/C19H23N3O3/c23-18(21-7-3-4-8-21)14-20-9-11-22(12-10-20)19(24)17-13-15-5-1-2-6-16(15)25-17/h1-2,5-6,13H,3-4,7-12,14H2. The lowest BCUT2D eigenvalue weighted by molar-refractivity contribution is -0.131. The summed E-state index contributed by atoms with van der Waals surface area (Å²) in [7, 11) is 0. The van der Waals surface area contributed by atoms with Gasteiger partial charge in [-0.05, 0) is 25.0 Å². The zero-order valence-electron chi connectivity index (χ0n) is 14.3. The molecule has 0 aliphatic carbocycles. The molecule has 0 atom stereocenters. The van der Waals surface area contributed by atoms with Crippen molar-refractivity contribution in [3.8, 4) is 0 Å². The number of fused-ring (bicyclic) bond motifs is 1. The fraction of sp³-hybridized carbons (Fsp3) is 0.474. The number of carbonyl (C=O) groups excluding carboxylic acids is 2. The summed E-state index contributed by atoms with van der Waals surface area (Å²) in [4.78, 5) is 30.8. The first kappa shape index (κ1) is 16.1. The molecule has 6 nitrogen and oxygen atoms in total. The van der Waals surface area contributed by atoms with Crippen LogP contribution in [0.4, 0.5) is 0 Å². The summed E-state index contributed by atoms with van der Waals surface area (Å²) in [5.41, 5.74) is 0.737. The zero-order chi connectivity index (χ0) is 17.2. The minimum Gasteiger partial charge on any atom is -0.451 e. The second-order valence-electron chi connectivity index (χ2n) is 6.80. The van der Waals surface area contributed by atoms with E-state index >= 15 is 0 Å². The van der Waals surface area contributed by atoms with Crippen LogP contribution in [0.5, 0.6) is 0 Å². The Bertz CT molecular complexity index is 738. The number of piperazine rings is 1. The lowest BCUT2D eigenvalue weighted by atomic mass is 10.2. The summed E-state index contributed by atoms with van der Waals surface area (Å²) in [6, 6.07) is 9.45. The van der Waals surface area contributed by atoms with Gasteiger partial charge in [0.25, 0.3) is 5.91 Å². The molecule has 1 aromatic heterocycles. The van der Waals surface area contributed by atoms with Gasteiger partial charge in [0.05, 0.1) is 6.54 Å². The molecule has 4 rings (SSSR count). The maximum atomic E-state index is 12.6. The highest BCUT2D eigenvalue weighted by atomic mass is 16.3. The highest BCUT2D eigenvalue weighted by Crippen LogP contribution is 2.20. The fourth-order valence-corrected chi connectivity index (χ4v) is 3.61. The van der Waals surface area contributed by atoms with Gasteiger partial charge in [0.15, 0.2) is 5.76 Å². The molecule has 2 aliphatic heterocycles. The summed E-state index contributed by atoms with van der Waals surface area (Å²) in [6.45, 7) is 4.96. The predicted molar refractivity (Wildman–Crippen MR) is 94.4 cm³/mol. The third-order valence-electron chi connectivity index (χ3n) is 5.11. The summed E-state index contributed by atoms with van der Waals surface area (Å²) in [5, 5.41) is 0.945. The SMILES string of the molecule is O=C(CN1CCN(C(=O)c2cc3ccccc3o2)CC1)N1CCCC1. The van der Waals surface area contributed by atoms with E-state index in [0.717, 1.165) is 50.0 Å². The molecule has 1 aromatic carbocycles. The van der Waals surface area contributed by atoms with Crippen LogP contribution < -0.4 is 0 Å². The van der Waals surface area contributed by atoms with Crippen LogP contribution in [0, 0.1) is 0 Å². The van der Waals surface area contributed by atoms with Crippen molar-refractivity contribution in [3.63, 3.8) is 0 Å². The number of likely N-dealkylation sites (tertiary alicyclic amines) is 1. The molecule has 2 fully saturated rings. The first-order valence-corrected chi connectivity index (χ1v) is 8.99. The molecule has 0 N–H and O–H groups in total.